The number of fused-ring (bicyclic) bond motifs is 2. The molecule has 3 rings (SSSR count). The summed E-state index contributed by atoms with van der Waals surface area (Å²) in [6, 6.07) is 4.91. The second-order valence-corrected chi connectivity index (χ2v) is 4.61. The molecule has 1 aliphatic rings. The average Bonchev–Trinajstić information content (AvgIpc) is 2.54. The number of amides is 1. The molecule has 0 bridgehead atoms. The fourth-order valence-electron chi connectivity index (χ4n) is 2.42. The molecule has 0 saturated heterocycles. The summed E-state index contributed by atoms with van der Waals surface area (Å²) < 4.78 is 0. The Kier molecular flexibility index (Phi) is 2.78. The number of H-pyrrole nitrogens is 1. The fourth-order valence-corrected chi connectivity index (χ4v) is 2.42. The lowest BCUT2D eigenvalue weighted by atomic mass is 10.2. The van der Waals surface area contributed by atoms with E-state index in [1.165, 1.54) is 6.07 Å². The quantitative estimate of drug-likeness (QED) is 0.828. The standard InChI is InChI=1S/C14H14N4O2/c1-3-18-12-9(5-4-6-15-12)14(20)17-11-8(2)7-10(19)16-13(11)18/h4-7H,3H2,1-2H3,(H,16,19)(H,17,20). The number of nitrogens with zero attached hydrogens (tertiary/aromatic N) is 2. The minimum Gasteiger partial charge on any atom is -0.319 e. The van der Waals surface area contributed by atoms with E-state index in [9.17, 15) is 9.59 Å². The van der Waals surface area contributed by atoms with Crippen LogP contribution in [0.4, 0.5) is 17.3 Å². The smallest absolute Gasteiger partial charge is 0.259 e. The van der Waals surface area contributed by atoms with Gasteiger partial charge in [-0.15, -0.1) is 0 Å². The lowest BCUT2D eigenvalue weighted by Crippen LogP contribution is -2.22. The Bertz CT molecular complexity index is 751. The van der Waals surface area contributed by atoms with Crippen LogP contribution in [-0.2, 0) is 0 Å². The maximum Gasteiger partial charge on any atom is 0.259 e. The highest BCUT2D eigenvalue weighted by Gasteiger charge is 2.26. The number of carbonyl (C=O) groups is 1. The molecule has 0 saturated carbocycles. The highest BCUT2D eigenvalue weighted by atomic mass is 16.2. The minimum absolute atomic E-state index is 0.201. The Morgan fingerprint density at radius 3 is 2.90 bits per heavy atom. The number of hydrogen-bond acceptors (Lipinski definition) is 4. The van der Waals surface area contributed by atoms with Crippen molar-refractivity contribution in [2.24, 2.45) is 0 Å². The molecule has 2 aromatic rings. The Labute approximate surface area is 115 Å². The highest BCUT2D eigenvalue weighted by Crippen LogP contribution is 2.35. The van der Waals surface area contributed by atoms with E-state index >= 15 is 0 Å². The summed E-state index contributed by atoms with van der Waals surface area (Å²) in [4.78, 5) is 32.9. The number of anilines is 3. The van der Waals surface area contributed by atoms with Crippen molar-refractivity contribution >= 4 is 23.2 Å². The topological polar surface area (TPSA) is 78.1 Å². The SMILES string of the molecule is CCN1c2ncccc2C(=O)Nc2c(C)cc(=O)[nH]c21. The number of carbonyl (C=O) groups excluding carboxylic acids is 1. The van der Waals surface area contributed by atoms with Gasteiger partial charge in [-0.05, 0) is 31.5 Å². The van der Waals surface area contributed by atoms with Crippen LogP contribution in [0, 0.1) is 6.92 Å². The second-order valence-electron chi connectivity index (χ2n) is 4.61. The number of aromatic nitrogens is 2. The molecule has 0 unspecified atom stereocenters. The number of pyridine rings is 2. The Morgan fingerprint density at radius 2 is 2.15 bits per heavy atom. The van der Waals surface area contributed by atoms with E-state index in [1.807, 2.05) is 11.8 Å². The van der Waals surface area contributed by atoms with E-state index in [2.05, 4.69) is 15.3 Å². The molecular formula is C14H14N4O2. The molecule has 2 aromatic heterocycles. The number of aryl methyl sites for hydroxylation is 1. The summed E-state index contributed by atoms with van der Waals surface area (Å²) in [5, 5.41) is 2.85. The largest absolute Gasteiger partial charge is 0.319 e. The van der Waals surface area contributed by atoms with Gasteiger partial charge in [0.05, 0.1) is 11.3 Å². The van der Waals surface area contributed by atoms with Gasteiger partial charge in [-0.2, -0.15) is 0 Å². The first kappa shape index (κ1) is 12.4. The van der Waals surface area contributed by atoms with E-state index in [4.69, 9.17) is 0 Å². The van der Waals surface area contributed by atoms with Gasteiger partial charge in [0.25, 0.3) is 5.91 Å². The van der Waals surface area contributed by atoms with Crippen LogP contribution in [0.15, 0.2) is 29.2 Å². The van der Waals surface area contributed by atoms with Gasteiger partial charge in [0.2, 0.25) is 5.56 Å². The molecular weight excluding hydrogens is 256 g/mol. The highest BCUT2D eigenvalue weighted by molar-refractivity contribution is 6.11. The van der Waals surface area contributed by atoms with Gasteiger partial charge >= 0.3 is 0 Å². The summed E-state index contributed by atoms with van der Waals surface area (Å²) in [7, 11) is 0. The van der Waals surface area contributed by atoms with E-state index in [0.717, 1.165) is 5.56 Å². The fraction of sp³-hybridized carbons (Fsp3) is 0.214. The summed E-state index contributed by atoms with van der Waals surface area (Å²) >= 11 is 0. The van der Waals surface area contributed by atoms with Gasteiger partial charge < -0.3 is 15.2 Å². The zero-order valence-electron chi connectivity index (χ0n) is 11.2. The zero-order valence-corrected chi connectivity index (χ0v) is 11.2. The van der Waals surface area contributed by atoms with Crippen LogP contribution in [-0.4, -0.2) is 22.4 Å². The molecule has 6 heteroatoms. The Morgan fingerprint density at radius 1 is 1.35 bits per heavy atom. The van der Waals surface area contributed by atoms with Gasteiger partial charge in [0, 0.05) is 18.8 Å². The molecule has 102 valence electrons. The van der Waals surface area contributed by atoms with Crippen molar-refractivity contribution in [3.8, 4) is 0 Å². The molecule has 3 heterocycles. The van der Waals surface area contributed by atoms with Crippen LogP contribution in [0.3, 0.4) is 0 Å². The molecule has 1 amide bonds. The van der Waals surface area contributed by atoms with Crippen LogP contribution in [0.1, 0.15) is 22.8 Å². The van der Waals surface area contributed by atoms with E-state index < -0.39 is 0 Å². The summed E-state index contributed by atoms with van der Waals surface area (Å²) in [6.07, 6.45) is 1.63. The van der Waals surface area contributed by atoms with Crippen molar-refractivity contribution in [3.63, 3.8) is 0 Å². The average molecular weight is 270 g/mol. The van der Waals surface area contributed by atoms with Crippen molar-refractivity contribution in [2.75, 3.05) is 16.8 Å². The molecule has 0 fully saturated rings. The van der Waals surface area contributed by atoms with Crippen molar-refractivity contribution in [1.82, 2.24) is 9.97 Å². The van der Waals surface area contributed by atoms with Crippen LogP contribution in [0.5, 0.6) is 0 Å². The predicted molar refractivity (Wildman–Crippen MR) is 76.7 cm³/mol. The first-order valence-electron chi connectivity index (χ1n) is 6.39. The lowest BCUT2D eigenvalue weighted by Gasteiger charge is -2.22. The predicted octanol–water partition coefficient (Wildman–Crippen LogP) is 1.80. The van der Waals surface area contributed by atoms with Crippen LogP contribution in [0.25, 0.3) is 0 Å². The van der Waals surface area contributed by atoms with E-state index in [0.29, 0.717) is 29.4 Å². The van der Waals surface area contributed by atoms with Crippen molar-refractivity contribution in [3.05, 3.63) is 45.9 Å². The van der Waals surface area contributed by atoms with Gasteiger partial charge in [-0.1, -0.05) is 0 Å². The Balaban J connectivity index is 2.34. The van der Waals surface area contributed by atoms with E-state index in [-0.39, 0.29) is 11.5 Å². The maximum absolute atomic E-state index is 12.3. The minimum atomic E-state index is -0.222. The van der Waals surface area contributed by atoms with Crippen LogP contribution in [0.2, 0.25) is 0 Å². The molecule has 0 aromatic carbocycles. The molecule has 1 aliphatic heterocycles. The third-order valence-corrected chi connectivity index (χ3v) is 3.33. The monoisotopic (exact) mass is 270 g/mol. The maximum atomic E-state index is 12.3. The zero-order chi connectivity index (χ0) is 14.3. The lowest BCUT2D eigenvalue weighted by molar-refractivity contribution is 0.102. The first-order chi connectivity index (χ1) is 9.61. The number of rotatable bonds is 1. The summed E-state index contributed by atoms with van der Waals surface area (Å²) in [5.74, 6) is 0.899. The number of nitrogens with one attached hydrogen (secondary N) is 2. The van der Waals surface area contributed by atoms with Gasteiger partial charge in [-0.3, -0.25) is 9.59 Å². The molecule has 2 N–H and O–H groups in total. The summed E-state index contributed by atoms with van der Waals surface area (Å²) in [6.45, 7) is 4.33. The van der Waals surface area contributed by atoms with E-state index in [1.54, 1.807) is 25.3 Å². The van der Waals surface area contributed by atoms with Gasteiger partial charge in [0.1, 0.15) is 11.6 Å². The molecule has 0 atom stereocenters. The molecule has 20 heavy (non-hydrogen) atoms. The van der Waals surface area contributed by atoms with Gasteiger partial charge in [-0.25, -0.2) is 4.98 Å². The van der Waals surface area contributed by atoms with Crippen molar-refractivity contribution in [2.45, 2.75) is 13.8 Å². The third kappa shape index (κ3) is 1.77. The molecule has 0 aliphatic carbocycles. The summed E-state index contributed by atoms with van der Waals surface area (Å²) in [5.41, 5.74) is 1.64. The molecule has 0 radical (unpaired) electrons. The normalized spacial score (nSPS) is 13.3. The van der Waals surface area contributed by atoms with Crippen LogP contribution < -0.4 is 15.8 Å². The second kappa shape index (κ2) is 4.48. The molecule has 6 nitrogen and oxygen atoms in total. The Hall–Kier alpha value is -2.63. The number of hydrogen-bond donors (Lipinski definition) is 2. The van der Waals surface area contributed by atoms with Crippen LogP contribution >= 0.6 is 0 Å². The third-order valence-electron chi connectivity index (χ3n) is 3.33. The van der Waals surface area contributed by atoms with Crippen molar-refractivity contribution < 1.29 is 4.79 Å². The molecule has 0 spiro atoms. The van der Waals surface area contributed by atoms with Crippen molar-refractivity contribution in [1.29, 1.82) is 0 Å². The number of aromatic amines is 1. The van der Waals surface area contributed by atoms with Gasteiger partial charge in [0.15, 0.2) is 0 Å². The first-order valence-corrected chi connectivity index (χ1v) is 6.39.